The van der Waals surface area contributed by atoms with Crippen molar-refractivity contribution in [2.24, 2.45) is 0 Å². The van der Waals surface area contributed by atoms with Crippen LogP contribution in [-0.2, 0) is 16.6 Å². The number of aromatic nitrogens is 1. The van der Waals surface area contributed by atoms with Crippen LogP contribution in [0.1, 0.15) is 17.0 Å². The number of hydrogen-bond acceptors (Lipinski definition) is 6. The zero-order valence-corrected chi connectivity index (χ0v) is 13.1. The summed E-state index contributed by atoms with van der Waals surface area (Å²) in [5.41, 5.74) is 1.41. The van der Waals surface area contributed by atoms with Crippen molar-refractivity contribution >= 4 is 10.0 Å². The molecule has 0 atom stereocenters. The molecule has 8 heteroatoms. The standard InChI is InChI=1S/C14H16N2O5S/c1-9-12(10(2)21-16-9)8-15-22(17,18)11-3-4-13-14(7-11)20-6-5-19-13/h3-4,7,15H,5-6,8H2,1-2H3. The highest BCUT2D eigenvalue weighted by molar-refractivity contribution is 7.89. The van der Waals surface area contributed by atoms with Gasteiger partial charge in [0.1, 0.15) is 19.0 Å². The number of ether oxygens (including phenoxy) is 2. The van der Waals surface area contributed by atoms with Crippen LogP contribution < -0.4 is 14.2 Å². The van der Waals surface area contributed by atoms with Crippen molar-refractivity contribution in [3.05, 3.63) is 35.2 Å². The fourth-order valence-corrected chi connectivity index (χ4v) is 3.21. The monoisotopic (exact) mass is 324 g/mol. The third-order valence-electron chi connectivity index (χ3n) is 3.44. The smallest absolute Gasteiger partial charge is 0.241 e. The molecular weight excluding hydrogens is 308 g/mol. The zero-order valence-electron chi connectivity index (χ0n) is 12.3. The number of hydrogen-bond donors (Lipinski definition) is 1. The molecule has 0 saturated carbocycles. The van der Waals surface area contributed by atoms with Crippen LogP contribution in [0, 0.1) is 13.8 Å². The summed E-state index contributed by atoms with van der Waals surface area (Å²) in [6.07, 6.45) is 0. The highest BCUT2D eigenvalue weighted by atomic mass is 32.2. The van der Waals surface area contributed by atoms with E-state index in [4.69, 9.17) is 14.0 Å². The van der Waals surface area contributed by atoms with E-state index in [9.17, 15) is 8.42 Å². The average molecular weight is 324 g/mol. The maximum atomic E-state index is 12.4. The molecule has 3 rings (SSSR count). The molecule has 0 unspecified atom stereocenters. The van der Waals surface area contributed by atoms with Crippen LogP contribution in [0.2, 0.25) is 0 Å². The highest BCUT2D eigenvalue weighted by Crippen LogP contribution is 2.32. The second-order valence-corrected chi connectivity index (χ2v) is 6.70. The van der Waals surface area contributed by atoms with Gasteiger partial charge in [0, 0.05) is 18.2 Å². The number of rotatable bonds is 4. The molecule has 0 saturated heterocycles. The first-order chi connectivity index (χ1) is 10.5. The lowest BCUT2D eigenvalue weighted by Gasteiger charge is -2.18. The minimum atomic E-state index is -3.66. The second kappa shape index (κ2) is 5.62. The average Bonchev–Trinajstić information content (AvgIpc) is 2.83. The van der Waals surface area contributed by atoms with Gasteiger partial charge in [-0.05, 0) is 26.0 Å². The minimum absolute atomic E-state index is 0.123. The quantitative estimate of drug-likeness (QED) is 0.917. The summed E-state index contributed by atoms with van der Waals surface area (Å²) in [4.78, 5) is 0.128. The molecule has 7 nitrogen and oxygen atoms in total. The number of sulfonamides is 1. The normalized spacial score (nSPS) is 14.1. The molecule has 1 aromatic heterocycles. The molecule has 0 aliphatic carbocycles. The predicted molar refractivity (Wildman–Crippen MR) is 77.4 cm³/mol. The molecule has 0 spiro atoms. The Hall–Kier alpha value is -2.06. The lowest BCUT2D eigenvalue weighted by Crippen LogP contribution is -2.24. The van der Waals surface area contributed by atoms with E-state index < -0.39 is 10.0 Å². The number of benzene rings is 1. The third-order valence-corrected chi connectivity index (χ3v) is 4.84. The molecule has 118 valence electrons. The maximum absolute atomic E-state index is 12.4. The lowest BCUT2D eigenvalue weighted by molar-refractivity contribution is 0.171. The number of fused-ring (bicyclic) bond motifs is 1. The van der Waals surface area contributed by atoms with E-state index in [-0.39, 0.29) is 11.4 Å². The van der Waals surface area contributed by atoms with Crippen LogP contribution in [0.5, 0.6) is 11.5 Å². The van der Waals surface area contributed by atoms with Crippen LogP contribution in [0.25, 0.3) is 0 Å². The summed E-state index contributed by atoms with van der Waals surface area (Å²) < 4.78 is 43.1. The fourth-order valence-electron chi connectivity index (χ4n) is 2.20. The minimum Gasteiger partial charge on any atom is -0.486 e. The summed E-state index contributed by atoms with van der Waals surface area (Å²) in [6, 6.07) is 4.55. The highest BCUT2D eigenvalue weighted by Gasteiger charge is 2.20. The summed E-state index contributed by atoms with van der Waals surface area (Å²) in [5.74, 6) is 1.59. The van der Waals surface area contributed by atoms with Gasteiger partial charge in [-0.15, -0.1) is 0 Å². The summed E-state index contributed by atoms with van der Waals surface area (Å²) in [7, 11) is -3.66. The van der Waals surface area contributed by atoms with Gasteiger partial charge in [-0.25, -0.2) is 13.1 Å². The molecular formula is C14H16N2O5S. The van der Waals surface area contributed by atoms with Gasteiger partial charge >= 0.3 is 0 Å². The Kier molecular flexibility index (Phi) is 3.79. The Morgan fingerprint density at radius 3 is 2.59 bits per heavy atom. The van der Waals surface area contributed by atoms with Gasteiger partial charge in [0.2, 0.25) is 10.0 Å². The second-order valence-electron chi connectivity index (χ2n) is 4.93. The molecule has 1 aliphatic heterocycles. The Bertz CT molecular complexity index is 778. The van der Waals surface area contributed by atoms with Gasteiger partial charge < -0.3 is 14.0 Å². The van der Waals surface area contributed by atoms with E-state index in [1.807, 2.05) is 0 Å². The van der Waals surface area contributed by atoms with Crippen molar-refractivity contribution in [2.75, 3.05) is 13.2 Å². The van der Waals surface area contributed by atoms with Crippen molar-refractivity contribution in [3.63, 3.8) is 0 Å². The van der Waals surface area contributed by atoms with E-state index in [1.165, 1.54) is 12.1 Å². The molecule has 2 heterocycles. The number of nitrogens with zero attached hydrogens (tertiary/aromatic N) is 1. The molecule has 0 amide bonds. The van der Waals surface area contributed by atoms with Crippen molar-refractivity contribution in [1.82, 2.24) is 9.88 Å². The molecule has 1 N–H and O–H groups in total. The van der Waals surface area contributed by atoms with Crippen LogP contribution in [0.3, 0.4) is 0 Å². The topological polar surface area (TPSA) is 90.7 Å². The Labute approximate surface area is 128 Å². The molecule has 0 radical (unpaired) electrons. The largest absolute Gasteiger partial charge is 0.486 e. The Balaban J connectivity index is 1.81. The fraction of sp³-hybridized carbons (Fsp3) is 0.357. The van der Waals surface area contributed by atoms with Crippen molar-refractivity contribution in [2.45, 2.75) is 25.3 Å². The maximum Gasteiger partial charge on any atom is 0.241 e. The van der Waals surface area contributed by atoms with Crippen molar-refractivity contribution in [1.29, 1.82) is 0 Å². The van der Waals surface area contributed by atoms with Gasteiger partial charge in [-0.2, -0.15) is 0 Å². The first-order valence-corrected chi connectivity index (χ1v) is 8.27. The molecule has 1 aliphatic rings. The Morgan fingerprint density at radius 2 is 1.91 bits per heavy atom. The SMILES string of the molecule is Cc1noc(C)c1CNS(=O)(=O)c1ccc2c(c1)OCCO2. The summed E-state index contributed by atoms with van der Waals surface area (Å²) in [5, 5.41) is 3.80. The third kappa shape index (κ3) is 2.79. The zero-order chi connectivity index (χ0) is 15.7. The van der Waals surface area contributed by atoms with Crippen LogP contribution in [0.4, 0.5) is 0 Å². The molecule has 2 aromatic rings. The van der Waals surface area contributed by atoms with Crippen molar-refractivity contribution < 1.29 is 22.4 Å². The lowest BCUT2D eigenvalue weighted by atomic mass is 10.2. The summed E-state index contributed by atoms with van der Waals surface area (Å²) >= 11 is 0. The van der Waals surface area contributed by atoms with Crippen molar-refractivity contribution in [3.8, 4) is 11.5 Å². The molecule has 0 bridgehead atoms. The van der Waals surface area contributed by atoms with Gasteiger partial charge in [-0.1, -0.05) is 5.16 Å². The van der Waals surface area contributed by atoms with Gasteiger partial charge in [0.25, 0.3) is 0 Å². The number of aryl methyl sites for hydroxylation is 2. The van der Waals surface area contributed by atoms with Gasteiger partial charge in [0.15, 0.2) is 11.5 Å². The molecule has 1 aromatic carbocycles. The first-order valence-electron chi connectivity index (χ1n) is 6.78. The number of nitrogens with one attached hydrogen (secondary N) is 1. The van der Waals surface area contributed by atoms with Crippen LogP contribution >= 0.6 is 0 Å². The van der Waals surface area contributed by atoms with Gasteiger partial charge in [-0.3, -0.25) is 0 Å². The van der Waals surface area contributed by atoms with E-state index in [0.717, 1.165) is 5.56 Å². The molecule has 0 fully saturated rings. The predicted octanol–water partition coefficient (Wildman–Crippen LogP) is 1.54. The summed E-state index contributed by atoms with van der Waals surface area (Å²) in [6.45, 7) is 4.50. The van der Waals surface area contributed by atoms with E-state index in [1.54, 1.807) is 19.9 Å². The van der Waals surface area contributed by atoms with Gasteiger partial charge in [0.05, 0.1) is 10.6 Å². The first kappa shape index (κ1) is 14.9. The van der Waals surface area contributed by atoms with Crippen LogP contribution in [0.15, 0.2) is 27.6 Å². The molecule has 22 heavy (non-hydrogen) atoms. The Morgan fingerprint density at radius 1 is 1.18 bits per heavy atom. The van der Waals surface area contributed by atoms with E-state index in [2.05, 4.69) is 9.88 Å². The van der Waals surface area contributed by atoms with Crippen LogP contribution in [-0.4, -0.2) is 26.8 Å². The van der Waals surface area contributed by atoms with E-state index >= 15 is 0 Å². The van der Waals surface area contributed by atoms with E-state index in [0.29, 0.717) is 36.2 Å².